The Morgan fingerprint density at radius 2 is 0.783 bits per heavy atom. The predicted octanol–water partition coefficient (Wildman–Crippen LogP) is 9.56. The van der Waals surface area contributed by atoms with Gasteiger partial charge >= 0.3 is 0 Å². The van der Waals surface area contributed by atoms with Crippen LogP contribution < -0.4 is 18.9 Å². The maximum atomic E-state index is 14.5. The van der Waals surface area contributed by atoms with Crippen LogP contribution in [0.4, 0.5) is 0 Å². The number of rotatable bonds is 10. The lowest BCUT2D eigenvalue weighted by molar-refractivity contribution is 0.0980. The van der Waals surface area contributed by atoms with Gasteiger partial charge in [-0.1, -0.05) is 36.4 Å². The van der Waals surface area contributed by atoms with Gasteiger partial charge in [0.15, 0.2) is 11.6 Å². The molecule has 0 bridgehead atoms. The summed E-state index contributed by atoms with van der Waals surface area (Å²) in [4.78, 5) is 29.1. The predicted molar refractivity (Wildman–Crippen MR) is 183 cm³/mol. The Kier molecular flexibility index (Phi) is 9.29. The van der Waals surface area contributed by atoms with Crippen molar-refractivity contribution in [3.05, 3.63) is 94.0 Å². The van der Waals surface area contributed by atoms with E-state index < -0.39 is 0 Å². The molecule has 4 aromatic rings. The van der Waals surface area contributed by atoms with Crippen molar-refractivity contribution < 1.29 is 28.5 Å². The first-order valence-electron chi connectivity index (χ1n) is 16.1. The fourth-order valence-corrected chi connectivity index (χ4v) is 6.15. The highest BCUT2D eigenvalue weighted by Crippen LogP contribution is 2.47. The van der Waals surface area contributed by atoms with E-state index in [1.807, 2.05) is 106 Å². The van der Waals surface area contributed by atoms with Crippen LogP contribution in [0, 0.1) is 13.8 Å². The van der Waals surface area contributed by atoms with E-state index in [1.54, 1.807) is 24.3 Å². The van der Waals surface area contributed by atoms with Crippen LogP contribution in [0.1, 0.15) is 98.4 Å². The summed E-state index contributed by atoms with van der Waals surface area (Å²) in [5.74, 6) is 2.14. The molecule has 0 aromatic heterocycles. The van der Waals surface area contributed by atoms with Crippen LogP contribution >= 0.6 is 0 Å². The summed E-state index contributed by atoms with van der Waals surface area (Å²) < 4.78 is 24.8. The summed E-state index contributed by atoms with van der Waals surface area (Å²) in [6.07, 6.45) is -0.318. The van der Waals surface area contributed by atoms with Gasteiger partial charge in [0.05, 0.1) is 24.4 Å². The lowest BCUT2D eigenvalue weighted by atomic mass is 9.76. The molecule has 0 saturated carbocycles. The minimum absolute atomic E-state index is 0.0253. The van der Waals surface area contributed by atoms with Gasteiger partial charge in [0.25, 0.3) is 0 Å². The third-order valence-corrected chi connectivity index (χ3v) is 7.63. The van der Waals surface area contributed by atoms with Crippen molar-refractivity contribution in [1.29, 1.82) is 0 Å². The van der Waals surface area contributed by atoms with Crippen LogP contribution in [0.15, 0.2) is 60.7 Å². The van der Waals surface area contributed by atoms with Crippen LogP contribution in [0.2, 0.25) is 0 Å². The van der Waals surface area contributed by atoms with Gasteiger partial charge in [0.2, 0.25) is 0 Å². The molecule has 0 saturated heterocycles. The summed E-state index contributed by atoms with van der Waals surface area (Å²) in [5, 5.41) is 0. The second kappa shape index (κ2) is 13.0. The smallest absolute Gasteiger partial charge is 0.195 e. The third-order valence-electron chi connectivity index (χ3n) is 7.63. The van der Waals surface area contributed by atoms with Crippen LogP contribution in [-0.2, 0) is 0 Å². The Balaban J connectivity index is 1.86. The fourth-order valence-electron chi connectivity index (χ4n) is 6.15. The molecule has 0 atom stereocenters. The monoisotopic (exact) mass is 620 g/mol. The van der Waals surface area contributed by atoms with Crippen LogP contribution in [0.3, 0.4) is 0 Å². The normalized spacial score (nSPS) is 12.6. The van der Waals surface area contributed by atoms with Crippen molar-refractivity contribution in [1.82, 2.24) is 0 Å². The second-order valence-corrected chi connectivity index (χ2v) is 13.0. The highest BCUT2D eigenvalue weighted by molar-refractivity contribution is 6.32. The number of aryl methyl sites for hydroxylation is 2. The van der Waals surface area contributed by atoms with E-state index >= 15 is 0 Å². The summed E-state index contributed by atoms with van der Waals surface area (Å²) in [7, 11) is 0. The van der Waals surface area contributed by atoms with E-state index in [4.69, 9.17) is 18.9 Å². The van der Waals surface area contributed by atoms with Gasteiger partial charge in [-0.05, 0) is 104 Å². The minimum Gasteiger partial charge on any atom is -0.491 e. The van der Waals surface area contributed by atoms with Crippen molar-refractivity contribution in [3.63, 3.8) is 0 Å². The topological polar surface area (TPSA) is 71.1 Å². The Labute approximate surface area is 272 Å². The van der Waals surface area contributed by atoms with Gasteiger partial charge < -0.3 is 18.9 Å². The van der Waals surface area contributed by atoms with Gasteiger partial charge in [-0.3, -0.25) is 9.59 Å². The highest BCUT2D eigenvalue weighted by Gasteiger charge is 2.36. The molecule has 0 radical (unpaired) electrons. The summed E-state index contributed by atoms with van der Waals surface area (Å²) >= 11 is 0. The molecule has 46 heavy (non-hydrogen) atoms. The first-order valence-corrected chi connectivity index (χ1v) is 16.1. The lowest BCUT2D eigenvalue weighted by Gasteiger charge is -2.27. The molecule has 0 fully saturated rings. The maximum absolute atomic E-state index is 14.5. The van der Waals surface area contributed by atoms with Crippen LogP contribution in [-0.4, -0.2) is 36.0 Å². The van der Waals surface area contributed by atoms with Crippen molar-refractivity contribution in [2.45, 2.75) is 93.7 Å². The molecule has 0 aliphatic heterocycles. The van der Waals surface area contributed by atoms with E-state index in [1.165, 1.54) is 0 Å². The Morgan fingerprint density at radius 3 is 1.11 bits per heavy atom. The van der Waals surface area contributed by atoms with Crippen molar-refractivity contribution in [3.8, 4) is 45.3 Å². The maximum Gasteiger partial charge on any atom is 0.195 e. The van der Waals surface area contributed by atoms with Gasteiger partial charge in [-0.2, -0.15) is 0 Å². The molecule has 0 amide bonds. The van der Waals surface area contributed by atoms with Gasteiger partial charge in [0.1, 0.15) is 23.0 Å². The minimum atomic E-state index is -0.205. The molecule has 4 aromatic carbocycles. The SMILES string of the molecule is Cc1cc(OC(C)C)cc(OC(C)C)c1-c1ccc(-c2c(C)cc(OC(C)C)cc2OC(C)C)c2c1C(=O)c1ccccc1C2=O. The zero-order valence-corrected chi connectivity index (χ0v) is 28.5. The lowest BCUT2D eigenvalue weighted by Crippen LogP contribution is -2.23. The molecular weight excluding hydrogens is 576 g/mol. The summed E-state index contributed by atoms with van der Waals surface area (Å²) in [5.41, 5.74) is 6.01. The number of hydrogen-bond donors (Lipinski definition) is 0. The molecular formula is C40H44O6. The first-order chi connectivity index (χ1) is 21.8. The number of fused-ring (bicyclic) bond motifs is 2. The molecule has 240 valence electrons. The third kappa shape index (κ3) is 6.39. The Bertz CT molecular complexity index is 1680. The number of carbonyl (C=O) groups excluding carboxylic acids is 2. The zero-order chi connectivity index (χ0) is 33.4. The number of ether oxygens (including phenoxy) is 4. The highest BCUT2D eigenvalue weighted by atomic mass is 16.5. The van der Waals surface area contributed by atoms with E-state index in [0.717, 1.165) is 22.3 Å². The molecule has 1 aliphatic rings. The largest absolute Gasteiger partial charge is 0.491 e. The summed E-state index contributed by atoms with van der Waals surface area (Å²) in [6, 6.07) is 18.6. The van der Waals surface area contributed by atoms with Crippen molar-refractivity contribution in [2.75, 3.05) is 0 Å². The van der Waals surface area contributed by atoms with Crippen molar-refractivity contribution in [2.24, 2.45) is 0 Å². The standard InChI is InChI=1S/C40H44O6/c1-21(2)43-27-17-25(9)35(33(19-27)45-23(5)6)31-15-16-32(38-37(31)39(41)29-13-11-12-14-30(29)40(38)42)36-26(10)18-28(44-22(3)4)20-34(36)46-24(7)8/h11-24H,1-10H3. The van der Waals surface area contributed by atoms with Crippen molar-refractivity contribution >= 4 is 11.6 Å². The number of hydrogen-bond acceptors (Lipinski definition) is 6. The van der Waals surface area contributed by atoms with Crippen LogP contribution in [0.5, 0.6) is 23.0 Å². The first kappa shape index (κ1) is 32.8. The van der Waals surface area contributed by atoms with E-state index in [-0.39, 0.29) is 36.0 Å². The molecule has 0 N–H and O–H groups in total. The second-order valence-electron chi connectivity index (χ2n) is 13.0. The number of ketones is 2. The van der Waals surface area contributed by atoms with E-state index in [0.29, 0.717) is 56.4 Å². The summed E-state index contributed by atoms with van der Waals surface area (Å²) in [6.45, 7) is 19.7. The molecule has 6 heteroatoms. The average Bonchev–Trinajstić information content (AvgIpc) is 2.94. The molecule has 6 nitrogen and oxygen atoms in total. The van der Waals surface area contributed by atoms with Gasteiger partial charge in [0, 0.05) is 45.5 Å². The van der Waals surface area contributed by atoms with Gasteiger partial charge in [-0.15, -0.1) is 0 Å². The van der Waals surface area contributed by atoms with Crippen LogP contribution in [0.25, 0.3) is 22.3 Å². The Hall–Kier alpha value is -4.58. The quantitative estimate of drug-likeness (QED) is 0.155. The number of carbonyl (C=O) groups is 2. The molecule has 5 rings (SSSR count). The Morgan fingerprint density at radius 1 is 0.435 bits per heavy atom. The molecule has 1 aliphatic carbocycles. The number of benzene rings is 4. The van der Waals surface area contributed by atoms with Gasteiger partial charge in [-0.25, -0.2) is 0 Å². The van der Waals surface area contributed by atoms with E-state index in [9.17, 15) is 9.59 Å². The average molecular weight is 621 g/mol. The molecule has 0 heterocycles. The van der Waals surface area contributed by atoms with E-state index in [2.05, 4.69) is 0 Å². The fraction of sp³-hybridized carbons (Fsp3) is 0.350. The molecule has 0 unspecified atom stereocenters. The molecule has 0 spiro atoms. The zero-order valence-electron chi connectivity index (χ0n) is 28.5.